The van der Waals surface area contributed by atoms with Crippen molar-refractivity contribution in [3.63, 3.8) is 0 Å². The zero-order valence-corrected chi connectivity index (χ0v) is 19.3. The van der Waals surface area contributed by atoms with Crippen molar-refractivity contribution >= 4 is 35.0 Å². The third-order valence-electron chi connectivity index (χ3n) is 5.36. The lowest BCUT2D eigenvalue weighted by atomic mass is 10.0. The molecule has 0 aliphatic carbocycles. The van der Waals surface area contributed by atoms with E-state index in [1.807, 2.05) is 6.07 Å². The average molecular weight is 484 g/mol. The molecule has 0 bridgehead atoms. The van der Waals surface area contributed by atoms with E-state index in [-0.39, 0.29) is 24.3 Å². The molecule has 1 heterocycles. The first-order valence-corrected chi connectivity index (χ1v) is 10.9. The van der Waals surface area contributed by atoms with Crippen molar-refractivity contribution in [2.24, 2.45) is 5.73 Å². The number of aromatic nitrogens is 1. The summed E-state index contributed by atoms with van der Waals surface area (Å²) < 4.78 is 1.45. The molecule has 0 aliphatic rings. The fourth-order valence-electron chi connectivity index (χ4n) is 3.53. The Labute approximate surface area is 201 Å². The van der Waals surface area contributed by atoms with Gasteiger partial charge in [-0.2, -0.15) is 0 Å². The maximum absolute atomic E-state index is 13.2. The molecule has 0 aliphatic heterocycles. The van der Waals surface area contributed by atoms with E-state index in [1.165, 1.54) is 4.57 Å². The fourth-order valence-corrected chi connectivity index (χ4v) is 3.73. The van der Waals surface area contributed by atoms with Crippen LogP contribution in [0, 0.1) is 6.92 Å². The second-order valence-corrected chi connectivity index (χ2v) is 8.20. The van der Waals surface area contributed by atoms with Crippen LogP contribution in [-0.4, -0.2) is 21.7 Å². The summed E-state index contributed by atoms with van der Waals surface area (Å²) in [4.78, 5) is 37.3. The summed E-state index contributed by atoms with van der Waals surface area (Å²) in [6.07, 6.45) is -0.352. The van der Waals surface area contributed by atoms with Crippen molar-refractivity contribution in [1.82, 2.24) is 9.88 Å². The number of nitrogens with one attached hydrogen (secondary N) is 2. The average Bonchev–Trinajstić information content (AvgIpc) is 2.80. The van der Waals surface area contributed by atoms with Crippen LogP contribution in [0.25, 0.3) is 0 Å². The zero-order chi connectivity index (χ0) is 24.8. The van der Waals surface area contributed by atoms with E-state index in [1.54, 1.807) is 55.5 Å². The number of benzene rings is 2. The Morgan fingerprint density at radius 1 is 1.15 bits per heavy atom. The highest BCUT2D eigenvalue weighted by Crippen LogP contribution is 2.21. The van der Waals surface area contributed by atoms with Gasteiger partial charge in [-0.15, -0.1) is 0 Å². The molecular formula is C24H26ClN5O4. The number of rotatable bonds is 8. The van der Waals surface area contributed by atoms with Crippen LogP contribution in [0.3, 0.4) is 0 Å². The first-order chi connectivity index (χ1) is 16.2. The number of carbonyl (C=O) groups excluding carboxylic acids is 1. The number of halogens is 1. The van der Waals surface area contributed by atoms with Gasteiger partial charge in [0.1, 0.15) is 5.69 Å². The minimum atomic E-state index is -1.09. The lowest BCUT2D eigenvalue weighted by Gasteiger charge is -2.20. The molecule has 2 amide bonds. The van der Waals surface area contributed by atoms with Gasteiger partial charge in [0.25, 0.3) is 5.56 Å². The Morgan fingerprint density at radius 3 is 2.44 bits per heavy atom. The van der Waals surface area contributed by atoms with Gasteiger partial charge in [0.05, 0.1) is 24.7 Å². The van der Waals surface area contributed by atoms with Crippen molar-refractivity contribution in [1.29, 1.82) is 0 Å². The highest BCUT2D eigenvalue weighted by Gasteiger charge is 2.20. The molecule has 34 heavy (non-hydrogen) atoms. The van der Waals surface area contributed by atoms with Crippen LogP contribution in [0.2, 0.25) is 5.02 Å². The van der Waals surface area contributed by atoms with Crippen LogP contribution in [0.5, 0.6) is 0 Å². The van der Waals surface area contributed by atoms with Gasteiger partial charge in [-0.25, -0.2) is 4.79 Å². The van der Waals surface area contributed by atoms with Gasteiger partial charge in [0.15, 0.2) is 0 Å². The summed E-state index contributed by atoms with van der Waals surface area (Å²) in [6.45, 7) is 2.26. The second kappa shape index (κ2) is 10.9. The summed E-state index contributed by atoms with van der Waals surface area (Å²) in [5.41, 5.74) is 13.9. The number of carbonyl (C=O) groups is 2. The van der Waals surface area contributed by atoms with Crippen LogP contribution in [-0.2, 0) is 17.9 Å². The first-order valence-electron chi connectivity index (χ1n) is 10.5. The molecule has 1 aromatic heterocycles. The predicted octanol–water partition coefficient (Wildman–Crippen LogP) is 3.24. The SMILES string of the molecule is Cc1cc(N)c(NC(=O)NC(CC(=O)O)c2ccc(CN)cc2)c(=O)n1Cc1ccccc1Cl. The van der Waals surface area contributed by atoms with Gasteiger partial charge in [-0.1, -0.05) is 54.1 Å². The monoisotopic (exact) mass is 483 g/mol. The summed E-state index contributed by atoms with van der Waals surface area (Å²) in [6, 6.07) is 14.0. The maximum atomic E-state index is 13.2. The van der Waals surface area contributed by atoms with Gasteiger partial charge in [0.2, 0.25) is 0 Å². The molecule has 7 N–H and O–H groups in total. The number of amides is 2. The highest BCUT2D eigenvalue weighted by atomic mass is 35.5. The molecule has 0 saturated heterocycles. The Hall–Kier alpha value is -3.82. The number of hydrogen-bond acceptors (Lipinski definition) is 5. The fraction of sp³-hybridized carbons (Fsp3) is 0.208. The minimum absolute atomic E-state index is 0.0927. The number of carboxylic acids is 1. The molecule has 0 fully saturated rings. The van der Waals surface area contributed by atoms with Gasteiger partial charge in [-0.3, -0.25) is 9.59 Å². The van der Waals surface area contributed by atoms with E-state index in [0.717, 1.165) is 11.1 Å². The summed E-state index contributed by atoms with van der Waals surface area (Å²) in [7, 11) is 0. The molecule has 1 atom stereocenters. The van der Waals surface area contributed by atoms with E-state index in [2.05, 4.69) is 10.6 Å². The second-order valence-electron chi connectivity index (χ2n) is 7.79. The van der Waals surface area contributed by atoms with Crippen LogP contribution >= 0.6 is 11.6 Å². The van der Waals surface area contributed by atoms with E-state index in [0.29, 0.717) is 22.8 Å². The molecule has 9 nitrogen and oxygen atoms in total. The molecular weight excluding hydrogens is 458 g/mol. The van der Waals surface area contributed by atoms with Crippen molar-refractivity contribution in [2.75, 3.05) is 11.1 Å². The number of nitrogen functional groups attached to an aromatic ring is 1. The van der Waals surface area contributed by atoms with Gasteiger partial charge >= 0.3 is 12.0 Å². The number of pyridine rings is 1. The number of urea groups is 1. The van der Waals surface area contributed by atoms with Crippen molar-refractivity contribution in [3.05, 3.63) is 92.4 Å². The Bertz CT molecular complexity index is 1260. The van der Waals surface area contributed by atoms with Crippen molar-refractivity contribution < 1.29 is 14.7 Å². The molecule has 0 radical (unpaired) electrons. The normalized spacial score (nSPS) is 11.6. The van der Waals surface area contributed by atoms with Crippen LogP contribution < -0.4 is 27.7 Å². The summed E-state index contributed by atoms with van der Waals surface area (Å²) in [5.74, 6) is -1.09. The lowest BCUT2D eigenvalue weighted by molar-refractivity contribution is -0.137. The Kier molecular flexibility index (Phi) is 7.93. The molecule has 0 saturated carbocycles. The largest absolute Gasteiger partial charge is 0.481 e. The van der Waals surface area contributed by atoms with E-state index >= 15 is 0 Å². The summed E-state index contributed by atoms with van der Waals surface area (Å²) >= 11 is 6.24. The third kappa shape index (κ3) is 5.94. The number of carboxylic acid groups (broad SMARTS) is 1. The minimum Gasteiger partial charge on any atom is -0.481 e. The van der Waals surface area contributed by atoms with Gasteiger partial charge < -0.3 is 31.8 Å². The van der Waals surface area contributed by atoms with Gasteiger partial charge in [0, 0.05) is 17.3 Å². The Balaban J connectivity index is 1.85. The van der Waals surface area contributed by atoms with E-state index in [4.69, 9.17) is 23.1 Å². The van der Waals surface area contributed by atoms with Crippen molar-refractivity contribution in [2.45, 2.75) is 32.5 Å². The third-order valence-corrected chi connectivity index (χ3v) is 5.73. The lowest BCUT2D eigenvalue weighted by Crippen LogP contribution is -2.37. The topological polar surface area (TPSA) is 152 Å². The molecule has 178 valence electrons. The van der Waals surface area contributed by atoms with Crippen LogP contribution in [0.1, 0.15) is 34.8 Å². The standard InChI is InChI=1S/C24H26ClN5O4/c1-14-10-19(27)22(23(33)30(14)13-17-4-2-3-5-18(17)25)29-24(34)28-20(11-21(31)32)16-8-6-15(12-26)7-9-16/h2-10,20H,11-13,26-27H2,1H3,(H,31,32)(H2,28,29,34). The highest BCUT2D eigenvalue weighted by molar-refractivity contribution is 6.31. The van der Waals surface area contributed by atoms with Crippen LogP contribution in [0.15, 0.2) is 59.4 Å². The first kappa shape index (κ1) is 24.8. The van der Waals surface area contributed by atoms with E-state index in [9.17, 15) is 19.5 Å². The molecule has 10 heteroatoms. The molecule has 1 unspecified atom stereocenters. The number of aliphatic carboxylic acids is 1. The maximum Gasteiger partial charge on any atom is 0.319 e. The number of nitrogens with two attached hydrogens (primary N) is 2. The quantitative estimate of drug-likeness (QED) is 0.331. The van der Waals surface area contributed by atoms with E-state index < -0.39 is 23.6 Å². The smallest absolute Gasteiger partial charge is 0.319 e. The zero-order valence-electron chi connectivity index (χ0n) is 18.5. The molecule has 2 aromatic carbocycles. The summed E-state index contributed by atoms with van der Waals surface area (Å²) in [5, 5.41) is 14.9. The molecule has 3 aromatic rings. The predicted molar refractivity (Wildman–Crippen MR) is 132 cm³/mol. The number of hydrogen-bond donors (Lipinski definition) is 5. The number of nitrogens with zero attached hydrogens (tertiary/aromatic N) is 1. The number of anilines is 2. The number of aryl methyl sites for hydroxylation is 1. The Morgan fingerprint density at radius 2 is 1.82 bits per heavy atom. The molecule has 0 spiro atoms. The van der Waals surface area contributed by atoms with Crippen molar-refractivity contribution in [3.8, 4) is 0 Å². The molecule has 3 rings (SSSR count). The van der Waals surface area contributed by atoms with Gasteiger partial charge in [-0.05, 0) is 35.7 Å². The van der Waals surface area contributed by atoms with Crippen LogP contribution in [0.4, 0.5) is 16.2 Å².